The van der Waals surface area contributed by atoms with Crippen LogP contribution in [0.3, 0.4) is 0 Å². The lowest BCUT2D eigenvalue weighted by Gasteiger charge is -2.06. The lowest BCUT2D eigenvalue weighted by molar-refractivity contribution is -0.124. The molecule has 0 atom stereocenters. The highest BCUT2D eigenvalue weighted by Crippen LogP contribution is 2.29. The summed E-state index contributed by atoms with van der Waals surface area (Å²) in [6, 6.07) is 9.40. The maximum Gasteiger partial charge on any atom is 0.375 e. The molecule has 1 amide bonds. The molecular formula is C20H21NO5S2. The van der Waals surface area contributed by atoms with E-state index in [-0.39, 0.29) is 18.3 Å². The second kappa shape index (κ2) is 9.66. The van der Waals surface area contributed by atoms with Crippen LogP contribution in [0.2, 0.25) is 0 Å². The van der Waals surface area contributed by atoms with Gasteiger partial charge in [-0.1, -0.05) is 6.07 Å². The standard InChI is InChI=1S/C20H21NO5S2/c1-13-16-10-14(24-2)5-6-17(16)26-19(13)20(23)25-11-18(22)21-7-9-27-12-15-4-3-8-28-15/h3-6,8,10H,7,9,11-12H2,1-2H3,(H,21,22). The second-order valence-electron chi connectivity index (χ2n) is 5.98. The predicted molar refractivity (Wildman–Crippen MR) is 111 cm³/mol. The Balaban J connectivity index is 1.44. The molecule has 0 unspecified atom stereocenters. The number of hydrogen-bond acceptors (Lipinski definition) is 7. The van der Waals surface area contributed by atoms with E-state index in [0.29, 0.717) is 23.4 Å². The fourth-order valence-corrected chi connectivity index (χ4v) is 4.30. The Bertz CT molecular complexity index is 949. The Kier molecular flexibility index (Phi) is 7.00. The molecular weight excluding hydrogens is 398 g/mol. The maximum atomic E-state index is 12.3. The van der Waals surface area contributed by atoms with Crippen LogP contribution in [0, 0.1) is 6.92 Å². The van der Waals surface area contributed by atoms with E-state index in [1.807, 2.05) is 11.4 Å². The van der Waals surface area contributed by atoms with Gasteiger partial charge in [-0.15, -0.1) is 11.3 Å². The van der Waals surface area contributed by atoms with Crippen molar-refractivity contribution in [3.8, 4) is 5.75 Å². The van der Waals surface area contributed by atoms with Crippen molar-refractivity contribution in [3.05, 3.63) is 51.9 Å². The zero-order valence-electron chi connectivity index (χ0n) is 15.7. The third-order valence-corrected chi connectivity index (χ3v) is 6.12. The monoisotopic (exact) mass is 419 g/mol. The number of carbonyl (C=O) groups is 2. The fourth-order valence-electron chi connectivity index (χ4n) is 2.60. The molecule has 0 radical (unpaired) electrons. The van der Waals surface area contributed by atoms with Crippen LogP contribution >= 0.6 is 23.1 Å². The van der Waals surface area contributed by atoms with Crippen LogP contribution in [-0.4, -0.2) is 37.9 Å². The highest BCUT2D eigenvalue weighted by atomic mass is 32.2. The molecule has 2 heterocycles. The number of carbonyl (C=O) groups excluding carboxylic acids is 2. The summed E-state index contributed by atoms with van der Waals surface area (Å²) in [5.41, 5.74) is 1.22. The predicted octanol–water partition coefficient (Wildman–Crippen LogP) is 4.02. The van der Waals surface area contributed by atoms with Crippen molar-refractivity contribution in [2.75, 3.05) is 26.0 Å². The van der Waals surface area contributed by atoms with Crippen molar-refractivity contribution in [1.82, 2.24) is 5.32 Å². The largest absolute Gasteiger partial charge is 0.497 e. The van der Waals surface area contributed by atoms with E-state index in [0.717, 1.165) is 16.9 Å². The molecule has 1 aromatic carbocycles. The second-order valence-corrected chi connectivity index (χ2v) is 8.11. The number of thioether (sulfide) groups is 1. The van der Waals surface area contributed by atoms with Crippen molar-refractivity contribution in [3.63, 3.8) is 0 Å². The molecule has 0 fully saturated rings. The SMILES string of the molecule is COc1ccc2oc(C(=O)OCC(=O)NCCSCc3cccs3)c(C)c2c1. The summed E-state index contributed by atoms with van der Waals surface area (Å²) in [6.07, 6.45) is 0. The first-order chi connectivity index (χ1) is 13.6. The molecule has 6 nitrogen and oxygen atoms in total. The minimum atomic E-state index is -0.658. The molecule has 3 aromatic rings. The number of amides is 1. The van der Waals surface area contributed by atoms with E-state index in [9.17, 15) is 9.59 Å². The highest BCUT2D eigenvalue weighted by molar-refractivity contribution is 7.98. The van der Waals surface area contributed by atoms with Gasteiger partial charge in [0.25, 0.3) is 5.91 Å². The van der Waals surface area contributed by atoms with E-state index in [2.05, 4.69) is 11.4 Å². The summed E-state index contributed by atoms with van der Waals surface area (Å²) in [5, 5.41) is 5.57. The smallest absolute Gasteiger partial charge is 0.375 e. The minimum absolute atomic E-state index is 0.0996. The number of fused-ring (bicyclic) bond motifs is 1. The zero-order chi connectivity index (χ0) is 19.9. The summed E-state index contributed by atoms with van der Waals surface area (Å²) in [6.45, 7) is 1.96. The molecule has 0 spiro atoms. The number of furan rings is 1. The van der Waals surface area contributed by atoms with Crippen LogP contribution in [0.5, 0.6) is 5.75 Å². The number of rotatable bonds is 9. The molecule has 8 heteroatoms. The van der Waals surface area contributed by atoms with Gasteiger partial charge in [0.15, 0.2) is 6.61 Å². The molecule has 28 heavy (non-hydrogen) atoms. The van der Waals surface area contributed by atoms with Crippen LogP contribution in [-0.2, 0) is 15.3 Å². The molecule has 1 N–H and O–H groups in total. The minimum Gasteiger partial charge on any atom is -0.497 e. The van der Waals surface area contributed by atoms with Gasteiger partial charge in [0.2, 0.25) is 5.76 Å². The van der Waals surface area contributed by atoms with Crippen molar-refractivity contribution in [1.29, 1.82) is 0 Å². The summed E-state index contributed by atoms with van der Waals surface area (Å²) in [4.78, 5) is 25.4. The van der Waals surface area contributed by atoms with Gasteiger partial charge in [0.05, 0.1) is 7.11 Å². The van der Waals surface area contributed by atoms with Gasteiger partial charge in [-0.3, -0.25) is 4.79 Å². The first kappa shape index (κ1) is 20.3. The number of benzene rings is 1. The lowest BCUT2D eigenvalue weighted by Crippen LogP contribution is -2.30. The zero-order valence-corrected chi connectivity index (χ0v) is 17.3. The summed E-state index contributed by atoms with van der Waals surface area (Å²) in [5.74, 6) is 1.51. The number of ether oxygens (including phenoxy) is 2. The third kappa shape index (κ3) is 5.08. The van der Waals surface area contributed by atoms with Crippen LogP contribution in [0.1, 0.15) is 21.0 Å². The van der Waals surface area contributed by atoms with Gasteiger partial charge in [-0.05, 0) is 36.6 Å². The summed E-state index contributed by atoms with van der Waals surface area (Å²) >= 11 is 3.46. The molecule has 2 aromatic heterocycles. The number of nitrogens with one attached hydrogen (secondary N) is 1. The van der Waals surface area contributed by atoms with Crippen molar-refractivity contribution >= 4 is 45.9 Å². The molecule has 0 aliphatic rings. The van der Waals surface area contributed by atoms with Crippen LogP contribution < -0.4 is 10.1 Å². The van der Waals surface area contributed by atoms with Gasteiger partial charge in [-0.25, -0.2) is 4.79 Å². The lowest BCUT2D eigenvalue weighted by atomic mass is 10.1. The third-order valence-electron chi connectivity index (χ3n) is 4.06. The van der Waals surface area contributed by atoms with Crippen molar-refractivity contribution in [2.45, 2.75) is 12.7 Å². The van der Waals surface area contributed by atoms with E-state index < -0.39 is 5.97 Å². The van der Waals surface area contributed by atoms with E-state index in [1.165, 1.54) is 4.88 Å². The molecule has 3 rings (SSSR count). The number of esters is 1. The van der Waals surface area contributed by atoms with E-state index >= 15 is 0 Å². The molecule has 0 saturated carbocycles. The molecule has 0 aliphatic heterocycles. The summed E-state index contributed by atoms with van der Waals surface area (Å²) in [7, 11) is 1.57. The molecule has 0 bridgehead atoms. The van der Waals surface area contributed by atoms with Gasteiger partial charge >= 0.3 is 5.97 Å². The van der Waals surface area contributed by atoms with Gasteiger partial charge < -0.3 is 19.2 Å². The van der Waals surface area contributed by atoms with Gasteiger partial charge in [-0.2, -0.15) is 11.8 Å². The average molecular weight is 420 g/mol. The topological polar surface area (TPSA) is 77.8 Å². The van der Waals surface area contributed by atoms with Gasteiger partial charge in [0, 0.05) is 33.9 Å². The first-order valence-electron chi connectivity index (χ1n) is 8.69. The molecule has 0 saturated heterocycles. The van der Waals surface area contributed by atoms with Gasteiger partial charge in [0.1, 0.15) is 11.3 Å². The van der Waals surface area contributed by atoms with Crippen molar-refractivity contribution < 1.29 is 23.5 Å². The van der Waals surface area contributed by atoms with Crippen LogP contribution in [0.25, 0.3) is 11.0 Å². The number of hydrogen-bond donors (Lipinski definition) is 1. The Hall–Kier alpha value is -2.45. The maximum absolute atomic E-state index is 12.3. The fraction of sp³-hybridized carbons (Fsp3) is 0.300. The van der Waals surface area contributed by atoms with Crippen LogP contribution in [0.15, 0.2) is 40.1 Å². The Labute approximate surface area is 171 Å². The number of thiophene rings is 1. The number of methoxy groups -OCH3 is 1. The van der Waals surface area contributed by atoms with E-state index in [4.69, 9.17) is 13.9 Å². The van der Waals surface area contributed by atoms with E-state index in [1.54, 1.807) is 55.3 Å². The average Bonchev–Trinajstić information content (AvgIpc) is 3.33. The quantitative estimate of drug-likeness (QED) is 0.417. The molecule has 148 valence electrons. The summed E-state index contributed by atoms with van der Waals surface area (Å²) < 4.78 is 15.9. The highest BCUT2D eigenvalue weighted by Gasteiger charge is 2.20. The molecule has 0 aliphatic carbocycles. The van der Waals surface area contributed by atoms with Crippen LogP contribution in [0.4, 0.5) is 0 Å². The normalized spacial score (nSPS) is 10.8. The Morgan fingerprint density at radius 2 is 2.14 bits per heavy atom. The number of aryl methyl sites for hydroxylation is 1. The Morgan fingerprint density at radius 1 is 1.29 bits per heavy atom. The first-order valence-corrected chi connectivity index (χ1v) is 10.7. The van der Waals surface area contributed by atoms with Crippen molar-refractivity contribution in [2.24, 2.45) is 0 Å². The Morgan fingerprint density at radius 3 is 2.89 bits per heavy atom.